The number of hydrogen-bond acceptors (Lipinski definition) is 3. The highest BCUT2D eigenvalue weighted by molar-refractivity contribution is 6.31. The van der Waals surface area contributed by atoms with Gasteiger partial charge in [0.15, 0.2) is 0 Å². The highest BCUT2D eigenvalue weighted by atomic mass is 35.5. The van der Waals surface area contributed by atoms with Gasteiger partial charge in [-0.3, -0.25) is 9.59 Å². The molecule has 0 aliphatic heterocycles. The second-order valence-electron chi connectivity index (χ2n) is 5.93. The van der Waals surface area contributed by atoms with Crippen molar-refractivity contribution in [2.24, 2.45) is 5.92 Å². The molecule has 2 atom stereocenters. The summed E-state index contributed by atoms with van der Waals surface area (Å²) in [6, 6.07) is 2.94. The van der Waals surface area contributed by atoms with Crippen molar-refractivity contribution in [1.82, 2.24) is 10.2 Å². The number of halogens is 2. The lowest BCUT2D eigenvalue weighted by atomic mass is 10.1. The van der Waals surface area contributed by atoms with Gasteiger partial charge in [0.25, 0.3) is 0 Å². The number of likely N-dealkylation sites (N-methyl/N-ethyl adjacent to an activating group) is 1. The van der Waals surface area contributed by atoms with Crippen LogP contribution in [0, 0.1) is 11.7 Å². The number of carbonyl (C=O) groups excluding carboxylic acids is 2. The third-order valence-corrected chi connectivity index (χ3v) is 4.15. The maximum atomic E-state index is 13.1. The summed E-state index contributed by atoms with van der Waals surface area (Å²) in [6.07, 6.45) is 0.609. The molecule has 5 nitrogen and oxygen atoms in total. The summed E-state index contributed by atoms with van der Waals surface area (Å²) in [5.74, 6) is -1.14. The molecule has 0 aromatic heterocycles. The Hall–Kier alpha value is -1.66. The number of aliphatic hydroxyl groups is 1. The van der Waals surface area contributed by atoms with E-state index in [-0.39, 0.29) is 23.4 Å². The van der Waals surface area contributed by atoms with Crippen molar-refractivity contribution in [3.63, 3.8) is 0 Å². The lowest BCUT2D eigenvalue weighted by molar-refractivity contribution is -0.139. The Morgan fingerprint density at radius 3 is 2.65 bits per heavy atom. The molecular weight excluding hydrogens is 323 g/mol. The summed E-state index contributed by atoms with van der Waals surface area (Å²) in [6.45, 7) is 1.61. The van der Waals surface area contributed by atoms with Crippen molar-refractivity contribution >= 4 is 23.4 Å². The molecule has 2 amide bonds. The van der Waals surface area contributed by atoms with Gasteiger partial charge in [0.2, 0.25) is 11.8 Å². The lowest BCUT2D eigenvalue weighted by Crippen LogP contribution is -2.53. The SMILES string of the molecule is C[C@H](O)[C@H](NC(=O)C1CC1)C(=O)N(C)Cc1ccc(F)cc1Cl. The van der Waals surface area contributed by atoms with Crippen LogP contribution in [0.2, 0.25) is 5.02 Å². The average molecular weight is 343 g/mol. The maximum absolute atomic E-state index is 13.1. The number of aliphatic hydroxyl groups excluding tert-OH is 1. The molecule has 0 saturated heterocycles. The number of nitrogens with zero attached hydrogens (tertiary/aromatic N) is 1. The van der Waals surface area contributed by atoms with Gasteiger partial charge in [-0.15, -0.1) is 0 Å². The summed E-state index contributed by atoms with van der Waals surface area (Å²) in [7, 11) is 1.54. The Morgan fingerprint density at radius 2 is 2.13 bits per heavy atom. The molecule has 0 heterocycles. The van der Waals surface area contributed by atoms with Crippen LogP contribution in [0.4, 0.5) is 4.39 Å². The van der Waals surface area contributed by atoms with Crippen molar-refractivity contribution in [2.45, 2.75) is 38.5 Å². The molecule has 0 radical (unpaired) electrons. The summed E-state index contributed by atoms with van der Waals surface area (Å²) in [5.41, 5.74) is 0.585. The Kier molecular flexibility index (Phi) is 5.59. The number of carbonyl (C=O) groups is 2. The molecular formula is C16H20ClFN2O3. The van der Waals surface area contributed by atoms with E-state index in [2.05, 4.69) is 5.32 Å². The topological polar surface area (TPSA) is 69.6 Å². The molecule has 0 unspecified atom stereocenters. The Morgan fingerprint density at radius 1 is 1.48 bits per heavy atom. The summed E-state index contributed by atoms with van der Waals surface area (Å²) in [4.78, 5) is 25.7. The molecule has 126 valence electrons. The minimum absolute atomic E-state index is 0.0547. The van der Waals surface area contributed by atoms with Crippen molar-refractivity contribution < 1.29 is 19.1 Å². The zero-order valence-corrected chi connectivity index (χ0v) is 13.8. The fourth-order valence-corrected chi connectivity index (χ4v) is 2.45. The van der Waals surface area contributed by atoms with E-state index in [0.29, 0.717) is 5.56 Å². The number of amides is 2. The molecule has 1 fully saturated rings. The van der Waals surface area contributed by atoms with Crippen molar-refractivity contribution in [3.05, 3.63) is 34.6 Å². The van der Waals surface area contributed by atoms with Crippen LogP contribution < -0.4 is 5.32 Å². The van der Waals surface area contributed by atoms with E-state index in [1.165, 1.54) is 30.0 Å². The average Bonchev–Trinajstić information content (AvgIpc) is 3.31. The van der Waals surface area contributed by atoms with Crippen LogP contribution in [-0.2, 0) is 16.1 Å². The van der Waals surface area contributed by atoms with Gasteiger partial charge in [-0.05, 0) is 37.5 Å². The predicted molar refractivity (Wildman–Crippen MR) is 84.2 cm³/mol. The number of rotatable bonds is 6. The van der Waals surface area contributed by atoms with Crippen LogP contribution in [0.5, 0.6) is 0 Å². The van der Waals surface area contributed by atoms with Gasteiger partial charge in [0.1, 0.15) is 11.9 Å². The molecule has 2 rings (SSSR count). The first-order chi connectivity index (χ1) is 10.8. The van der Waals surface area contributed by atoms with E-state index in [1.54, 1.807) is 7.05 Å². The van der Waals surface area contributed by atoms with E-state index >= 15 is 0 Å². The van der Waals surface area contributed by atoms with E-state index in [9.17, 15) is 19.1 Å². The number of hydrogen-bond donors (Lipinski definition) is 2. The quantitative estimate of drug-likeness (QED) is 0.827. The normalized spacial score (nSPS) is 16.6. The summed E-state index contributed by atoms with van der Waals surface area (Å²) >= 11 is 5.96. The third-order valence-electron chi connectivity index (χ3n) is 3.79. The molecule has 1 aromatic rings. The van der Waals surface area contributed by atoms with Gasteiger partial charge >= 0.3 is 0 Å². The largest absolute Gasteiger partial charge is 0.391 e. The van der Waals surface area contributed by atoms with Gasteiger partial charge in [-0.1, -0.05) is 17.7 Å². The molecule has 1 aliphatic carbocycles. The highest BCUT2D eigenvalue weighted by Gasteiger charge is 2.35. The molecule has 1 saturated carbocycles. The van der Waals surface area contributed by atoms with Gasteiger partial charge in [-0.2, -0.15) is 0 Å². The van der Waals surface area contributed by atoms with Crippen molar-refractivity contribution in [2.75, 3.05) is 7.05 Å². The Bertz CT molecular complexity index is 605. The number of benzene rings is 1. The second kappa shape index (κ2) is 7.27. The van der Waals surface area contributed by atoms with Crippen molar-refractivity contribution in [3.8, 4) is 0 Å². The van der Waals surface area contributed by atoms with E-state index < -0.39 is 23.9 Å². The van der Waals surface area contributed by atoms with Crippen LogP contribution in [0.3, 0.4) is 0 Å². The molecule has 23 heavy (non-hydrogen) atoms. The Labute approximate surface area is 139 Å². The summed E-state index contributed by atoms with van der Waals surface area (Å²) in [5, 5.41) is 12.6. The van der Waals surface area contributed by atoms with Crippen LogP contribution in [0.15, 0.2) is 18.2 Å². The highest BCUT2D eigenvalue weighted by Crippen LogP contribution is 2.29. The van der Waals surface area contributed by atoms with Crippen LogP contribution in [0.1, 0.15) is 25.3 Å². The monoisotopic (exact) mass is 342 g/mol. The Balaban J connectivity index is 2.04. The first-order valence-electron chi connectivity index (χ1n) is 7.47. The smallest absolute Gasteiger partial charge is 0.247 e. The van der Waals surface area contributed by atoms with Crippen LogP contribution in [-0.4, -0.2) is 41.0 Å². The minimum atomic E-state index is -1.02. The van der Waals surface area contributed by atoms with Gasteiger partial charge in [0, 0.05) is 24.5 Å². The van der Waals surface area contributed by atoms with Gasteiger partial charge < -0.3 is 15.3 Å². The molecule has 0 spiro atoms. The fraction of sp³-hybridized carbons (Fsp3) is 0.500. The predicted octanol–water partition coefficient (Wildman–Crippen LogP) is 1.71. The first kappa shape index (κ1) is 17.7. The van der Waals surface area contributed by atoms with Gasteiger partial charge in [-0.25, -0.2) is 4.39 Å². The lowest BCUT2D eigenvalue weighted by Gasteiger charge is -2.26. The maximum Gasteiger partial charge on any atom is 0.247 e. The molecule has 1 aromatic carbocycles. The van der Waals surface area contributed by atoms with E-state index in [0.717, 1.165) is 12.8 Å². The summed E-state index contributed by atoms with van der Waals surface area (Å²) < 4.78 is 13.1. The fourth-order valence-electron chi connectivity index (χ4n) is 2.23. The van der Waals surface area contributed by atoms with Crippen LogP contribution in [0.25, 0.3) is 0 Å². The van der Waals surface area contributed by atoms with Crippen LogP contribution >= 0.6 is 11.6 Å². The first-order valence-corrected chi connectivity index (χ1v) is 7.84. The zero-order chi connectivity index (χ0) is 17.1. The van der Waals surface area contributed by atoms with E-state index in [1.807, 2.05) is 0 Å². The molecule has 7 heteroatoms. The molecule has 2 N–H and O–H groups in total. The number of nitrogens with one attached hydrogen (secondary N) is 1. The van der Waals surface area contributed by atoms with Gasteiger partial charge in [0.05, 0.1) is 6.10 Å². The second-order valence-corrected chi connectivity index (χ2v) is 6.34. The third kappa shape index (κ3) is 4.65. The van der Waals surface area contributed by atoms with E-state index in [4.69, 9.17) is 11.6 Å². The molecule has 0 bridgehead atoms. The van der Waals surface area contributed by atoms with Crippen molar-refractivity contribution in [1.29, 1.82) is 0 Å². The molecule has 1 aliphatic rings. The standard InChI is InChI=1S/C16H20ClFN2O3/c1-9(21)14(19-15(22)10-3-4-10)16(23)20(2)8-11-5-6-12(18)7-13(11)17/h5-7,9-10,14,21H,3-4,8H2,1-2H3,(H,19,22)/t9-,14-/m0/s1. The minimum Gasteiger partial charge on any atom is -0.391 e. The zero-order valence-electron chi connectivity index (χ0n) is 13.1.